The van der Waals surface area contributed by atoms with Gasteiger partial charge in [-0.3, -0.25) is 0 Å². The lowest BCUT2D eigenvalue weighted by Crippen LogP contribution is -2.42. The van der Waals surface area contributed by atoms with Crippen LogP contribution in [-0.2, 0) is 13.0 Å². The van der Waals surface area contributed by atoms with Crippen LogP contribution < -0.4 is 10.1 Å². The van der Waals surface area contributed by atoms with Crippen LogP contribution in [0.3, 0.4) is 0 Å². The van der Waals surface area contributed by atoms with E-state index < -0.39 is 6.10 Å². The summed E-state index contributed by atoms with van der Waals surface area (Å²) in [6.45, 7) is 1.53. The van der Waals surface area contributed by atoms with E-state index in [0.717, 1.165) is 25.2 Å². The molecule has 1 aromatic carbocycles. The zero-order chi connectivity index (χ0) is 15.4. The Morgan fingerprint density at radius 2 is 2.23 bits per heavy atom. The van der Waals surface area contributed by atoms with Gasteiger partial charge >= 0.3 is 0 Å². The average Bonchev–Trinajstić information content (AvgIpc) is 3.00. The topological polar surface area (TPSA) is 72.2 Å². The zero-order valence-corrected chi connectivity index (χ0v) is 12.9. The SMILES string of the molecule is O[C@@H](CN[C@H]1CCc2ncnn2C1)COc1ccc(Cl)cc1. The summed E-state index contributed by atoms with van der Waals surface area (Å²) in [7, 11) is 0. The molecule has 1 aliphatic heterocycles. The number of halogens is 1. The summed E-state index contributed by atoms with van der Waals surface area (Å²) in [6, 6.07) is 7.41. The van der Waals surface area contributed by atoms with E-state index in [1.807, 2.05) is 4.68 Å². The highest BCUT2D eigenvalue weighted by molar-refractivity contribution is 6.30. The van der Waals surface area contributed by atoms with Gasteiger partial charge in [0.25, 0.3) is 0 Å². The first-order valence-corrected chi connectivity index (χ1v) is 7.75. The van der Waals surface area contributed by atoms with Gasteiger partial charge in [-0.1, -0.05) is 11.6 Å². The van der Waals surface area contributed by atoms with Crippen molar-refractivity contribution in [3.63, 3.8) is 0 Å². The Labute approximate surface area is 134 Å². The van der Waals surface area contributed by atoms with Crippen LogP contribution in [0.5, 0.6) is 5.75 Å². The maximum atomic E-state index is 10.0. The first kappa shape index (κ1) is 15.3. The number of benzene rings is 1. The summed E-state index contributed by atoms with van der Waals surface area (Å²) in [4.78, 5) is 4.20. The summed E-state index contributed by atoms with van der Waals surface area (Å²) >= 11 is 5.81. The highest BCUT2D eigenvalue weighted by Gasteiger charge is 2.20. The number of aryl methyl sites for hydroxylation is 1. The standard InChI is InChI=1S/C15H19ClN4O2/c16-11-1-4-14(5-2-11)22-9-13(21)7-17-12-3-6-15-18-10-19-20(15)8-12/h1-2,4-5,10,12-13,17,21H,3,6-9H2/t12-,13-/m0/s1. The Hall–Kier alpha value is -1.63. The second-order valence-corrected chi connectivity index (χ2v) is 5.86. The van der Waals surface area contributed by atoms with E-state index in [0.29, 0.717) is 23.4 Å². The Morgan fingerprint density at radius 1 is 1.41 bits per heavy atom. The van der Waals surface area contributed by atoms with E-state index in [9.17, 15) is 5.11 Å². The first-order chi connectivity index (χ1) is 10.7. The lowest BCUT2D eigenvalue weighted by atomic mass is 10.1. The third-order valence-corrected chi connectivity index (χ3v) is 3.96. The monoisotopic (exact) mass is 322 g/mol. The lowest BCUT2D eigenvalue weighted by Gasteiger charge is -2.24. The fourth-order valence-corrected chi connectivity index (χ4v) is 2.62. The number of hydrogen-bond donors (Lipinski definition) is 2. The molecule has 0 saturated heterocycles. The number of ether oxygens (including phenoxy) is 1. The van der Waals surface area contributed by atoms with Crippen molar-refractivity contribution in [2.45, 2.75) is 31.5 Å². The highest BCUT2D eigenvalue weighted by Crippen LogP contribution is 2.15. The van der Waals surface area contributed by atoms with Crippen molar-refractivity contribution in [2.24, 2.45) is 0 Å². The summed E-state index contributed by atoms with van der Waals surface area (Å²) < 4.78 is 7.44. The molecule has 2 N–H and O–H groups in total. The summed E-state index contributed by atoms with van der Waals surface area (Å²) in [5.41, 5.74) is 0. The summed E-state index contributed by atoms with van der Waals surface area (Å²) in [5.74, 6) is 1.73. The van der Waals surface area contributed by atoms with Gasteiger partial charge in [0.2, 0.25) is 0 Å². The Kier molecular flexibility index (Phi) is 4.92. The molecular weight excluding hydrogens is 304 g/mol. The van der Waals surface area contributed by atoms with Crippen molar-refractivity contribution in [1.82, 2.24) is 20.1 Å². The molecule has 2 aromatic rings. The van der Waals surface area contributed by atoms with Crippen molar-refractivity contribution < 1.29 is 9.84 Å². The molecule has 0 bridgehead atoms. The molecule has 2 atom stereocenters. The minimum Gasteiger partial charge on any atom is -0.491 e. The zero-order valence-electron chi connectivity index (χ0n) is 12.2. The molecule has 118 valence electrons. The fraction of sp³-hybridized carbons (Fsp3) is 0.467. The van der Waals surface area contributed by atoms with Gasteiger partial charge in [0.1, 0.15) is 30.6 Å². The number of aliphatic hydroxyl groups is 1. The van der Waals surface area contributed by atoms with Crippen molar-refractivity contribution in [3.05, 3.63) is 41.4 Å². The third-order valence-electron chi connectivity index (χ3n) is 3.70. The largest absolute Gasteiger partial charge is 0.491 e. The number of nitrogens with zero attached hydrogens (tertiary/aromatic N) is 3. The third kappa shape index (κ3) is 3.97. The maximum absolute atomic E-state index is 10.0. The van der Waals surface area contributed by atoms with Gasteiger partial charge in [-0.2, -0.15) is 5.10 Å². The van der Waals surface area contributed by atoms with E-state index in [-0.39, 0.29) is 6.61 Å². The molecule has 0 aliphatic carbocycles. The van der Waals surface area contributed by atoms with E-state index in [1.165, 1.54) is 0 Å². The van der Waals surface area contributed by atoms with E-state index in [4.69, 9.17) is 16.3 Å². The normalized spacial score (nSPS) is 18.7. The van der Waals surface area contributed by atoms with Crippen molar-refractivity contribution in [3.8, 4) is 5.75 Å². The van der Waals surface area contributed by atoms with Crippen molar-refractivity contribution in [1.29, 1.82) is 0 Å². The molecule has 0 fully saturated rings. The number of nitrogens with one attached hydrogen (secondary N) is 1. The van der Waals surface area contributed by atoms with Crippen LogP contribution in [0, 0.1) is 0 Å². The van der Waals surface area contributed by atoms with Crippen LogP contribution in [-0.4, -0.2) is 45.2 Å². The molecule has 2 heterocycles. The fourth-order valence-electron chi connectivity index (χ4n) is 2.49. The molecule has 0 unspecified atom stereocenters. The van der Waals surface area contributed by atoms with E-state index in [1.54, 1.807) is 30.6 Å². The highest BCUT2D eigenvalue weighted by atomic mass is 35.5. The van der Waals surface area contributed by atoms with Gasteiger partial charge in [0.05, 0.1) is 6.54 Å². The van der Waals surface area contributed by atoms with Crippen LogP contribution in [0.15, 0.2) is 30.6 Å². The van der Waals surface area contributed by atoms with Crippen LogP contribution in [0.2, 0.25) is 5.02 Å². The van der Waals surface area contributed by atoms with Gasteiger partial charge in [0, 0.05) is 24.0 Å². The second kappa shape index (κ2) is 7.09. The smallest absolute Gasteiger partial charge is 0.138 e. The van der Waals surface area contributed by atoms with E-state index in [2.05, 4.69) is 15.4 Å². The van der Waals surface area contributed by atoms with Gasteiger partial charge in [-0.05, 0) is 30.7 Å². The first-order valence-electron chi connectivity index (χ1n) is 7.37. The summed E-state index contributed by atoms with van der Waals surface area (Å²) in [6.07, 6.45) is 2.94. The number of fused-ring (bicyclic) bond motifs is 1. The molecule has 0 amide bonds. The van der Waals surface area contributed by atoms with Crippen molar-refractivity contribution in [2.75, 3.05) is 13.2 Å². The number of aliphatic hydroxyl groups excluding tert-OH is 1. The number of aromatic nitrogens is 3. The molecule has 7 heteroatoms. The van der Waals surface area contributed by atoms with Gasteiger partial charge in [-0.15, -0.1) is 0 Å². The van der Waals surface area contributed by atoms with Gasteiger partial charge in [-0.25, -0.2) is 9.67 Å². The predicted molar refractivity (Wildman–Crippen MR) is 83.1 cm³/mol. The average molecular weight is 323 g/mol. The molecule has 1 aliphatic rings. The molecule has 22 heavy (non-hydrogen) atoms. The molecular formula is C15H19ClN4O2. The van der Waals surface area contributed by atoms with Crippen LogP contribution in [0.1, 0.15) is 12.2 Å². The Morgan fingerprint density at radius 3 is 3.05 bits per heavy atom. The van der Waals surface area contributed by atoms with Crippen molar-refractivity contribution >= 4 is 11.6 Å². The molecule has 0 spiro atoms. The maximum Gasteiger partial charge on any atom is 0.138 e. The van der Waals surface area contributed by atoms with Gasteiger partial charge < -0.3 is 15.2 Å². The molecule has 0 radical (unpaired) electrons. The predicted octanol–water partition coefficient (Wildman–Crippen LogP) is 1.28. The Balaban J connectivity index is 1.39. The Bertz CT molecular complexity index is 602. The number of rotatable bonds is 6. The number of hydrogen-bond acceptors (Lipinski definition) is 5. The lowest BCUT2D eigenvalue weighted by molar-refractivity contribution is 0.101. The van der Waals surface area contributed by atoms with Crippen LogP contribution in [0.25, 0.3) is 0 Å². The molecule has 6 nitrogen and oxygen atoms in total. The second-order valence-electron chi connectivity index (χ2n) is 5.42. The molecule has 3 rings (SSSR count). The molecule has 0 saturated carbocycles. The van der Waals surface area contributed by atoms with Crippen LogP contribution in [0.4, 0.5) is 0 Å². The van der Waals surface area contributed by atoms with Gasteiger partial charge in [0.15, 0.2) is 0 Å². The van der Waals surface area contributed by atoms with E-state index >= 15 is 0 Å². The minimum absolute atomic E-state index is 0.246. The quantitative estimate of drug-likeness (QED) is 0.838. The minimum atomic E-state index is -0.562. The summed E-state index contributed by atoms with van der Waals surface area (Å²) in [5, 5.41) is 18.2. The molecule has 1 aromatic heterocycles. The van der Waals surface area contributed by atoms with Crippen LogP contribution >= 0.6 is 11.6 Å².